The van der Waals surface area contributed by atoms with Gasteiger partial charge in [0.1, 0.15) is 29.3 Å². The van der Waals surface area contributed by atoms with Crippen LogP contribution in [0.5, 0.6) is 5.75 Å². The number of rotatable bonds is 16. The summed E-state index contributed by atoms with van der Waals surface area (Å²) in [5.41, 5.74) is 3.66. The Labute approximate surface area is 384 Å². The SMILES string of the molecule is CCCS(=O)(=O)Nc1ccc(F)c(C(=O)c2c[nH]c3ncc(-c4ccc(OCC(=O)N[C@H](C(=O)N5C[C@H](O)C[C@H]5C(=O)NCc5ccc(-c6scnc6C)cc5)C(C)(C)C)cc4)cc23)c1F. The number of β-amino-alcohol motifs (C(OH)–C–C–N with tert-alkyl or cyclic N) is 1. The van der Waals surface area contributed by atoms with Gasteiger partial charge in [0, 0.05) is 48.4 Å². The summed E-state index contributed by atoms with van der Waals surface area (Å²) in [6.07, 6.45) is 2.17. The van der Waals surface area contributed by atoms with E-state index in [1.807, 2.05) is 31.2 Å². The van der Waals surface area contributed by atoms with Gasteiger partial charge in [0.25, 0.3) is 5.91 Å². The number of fused-ring (bicyclic) bond motifs is 1. The largest absolute Gasteiger partial charge is 0.484 e. The maximum atomic E-state index is 15.5. The smallest absolute Gasteiger partial charge is 0.258 e. The van der Waals surface area contributed by atoms with Crippen LogP contribution in [0.25, 0.3) is 32.6 Å². The van der Waals surface area contributed by atoms with Gasteiger partial charge in [-0.25, -0.2) is 27.2 Å². The van der Waals surface area contributed by atoms with Gasteiger partial charge in [0.2, 0.25) is 27.6 Å². The number of aromatic nitrogens is 3. The summed E-state index contributed by atoms with van der Waals surface area (Å²) in [7, 11) is -3.94. The second-order valence-corrected chi connectivity index (χ2v) is 19.8. The first-order valence-electron chi connectivity index (χ1n) is 21.1. The van der Waals surface area contributed by atoms with Gasteiger partial charge in [0.05, 0.1) is 39.2 Å². The van der Waals surface area contributed by atoms with Crippen molar-refractivity contribution in [2.24, 2.45) is 5.41 Å². The molecule has 15 nitrogen and oxygen atoms in total. The number of ether oxygens (including phenoxy) is 1. The van der Waals surface area contributed by atoms with Crippen molar-refractivity contribution < 1.29 is 46.2 Å². The molecule has 5 N–H and O–H groups in total. The summed E-state index contributed by atoms with van der Waals surface area (Å²) in [4.78, 5) is 68.4. The van der Waals surface area contributed by atoms with Crippen LogP contribution in [0.15, 0.2) is 84.6 Å². The number of nitrogens with one attached hydrogen (secondary N) is 4. The van der Waals surface area contributed by atoms with Crippen LogP contribution in [0.1, 0.15) is 67.7 Å². The number of ketones is 1. The molecule has 0 saturated carbocycles. The number of likely N-dealkylation sites (tertiary alicyclic amines) is 1. The minimum Gasteiger partial charge on any atom is -0.484 e. The van der Waals surface area contributed by atoms with Gasteiger partial charge in [0.15, 0.2) is 12.4 Å². The first-order valence-corrected chi connectivity index (χ1v) is 23.6. The Morgan fingerprint density at radius 1 is 1.00 bits per heavy atom. The number of aryl methyl sites for hydroxylation is 1. The Bertz CT molecular complexity index is 2900. The highest BCUT2D eigenvalue weighted by atomic mass is 32.2. The van der Waals surface area contributed by atoms with E-state index in [9.17, 15) is 37.1 Å². The minimum absolute atomic E-state index is 0.0426. The number of H-pyrrole nitrogens is 1. The summed E-state index contributed by atoms with van der Waals surface area (Å²) in [6, 6.07) is 15.6. The van der Waals surface area contributed by atoms with Crippen molar-refractivity contribution in [3.8, 4) is 27.3 Å². The third-order valence-corrected chi connectivity index (χ3v) is 13.6. The first kappa shape index (κ1) is 47.4. The van der Waals surface area contributed by atoms with Crippen LogP contribution in [-0.2, 0) is 31.0 Å². The third kappa shape index (κ3) is 10.6. The summed E-state index contributed by atoms with van der Waals surface area (Å²) in [5.74, 6) is -5.06. The number of nitrogens with zero attached hydrogens (tertiary/aromatic N) is 3. The maximum absolute atomic E-state index is 15.5. The molecule has 4 heterocycles. The predicted octanol–water partition coefficient (Wildman–Crippen LogP) is 6.51. The molecule has 0 aliphatic carbocycles. The molecule has 0 bridgehead atoms. The monoisotopic (exact) mass is 941 g/mol. The lowest BCUT2D eigenvalue weighted by atomic mass is 9.85. The van der Waals surface area contributed by atoms with E-state index in [2.05, 4.69) is 30.3 Å². The lowest BCUT2D eigenvalue weighted by molar-refractivity contribution is -0.144. The van der Waals surface area contributed by atoms with E-state index in [-0.39, 0.29) is 48.3 Å². The molecule has 6 aromatic rings. The number of aliphatic hydroxyl groups is 1. The lowest BCUT2D eigenvalue weighted by Crippen LogP contribution is -2.58. The average Bonchev–Trinajstić information content (AvgIpc) is 4.02. The number of anilines is 1. The normalized spacial score (nSPS) is 15.7. The molecule has 3 aromatic heterocycles. The average molecular weight is 942 g/mol. The molecule has 3 amide bonds. The van der Waals surface area contributed by atoms with E-state index in [0.717, 1.165) is 33.8 Å². The van der Waals surface area contributed by atoms with E-state index >= 15 is 4.39 Å². The molecule has 3 aromatic carbocycles. The zero-order valence-electron chi connectivity index (χ0n) is 36.8. The fraction of sp³-hybridized carbons (Fsp3) is 0.319. The highest BCUT2D eigenvalue weighted by Crippen LogP contribution is 2.32. The Morgan fingerprint density at radius 3 is 2.38 bits per heavy atom. The maximum Gasteiger partial charge on any atom is 0.258 e. The van der Waals surface area contributed by atoms with Gasteiger partial charge in [-0.3, -0.25) is 23.9 Å². The minimum atomic E-state index is -3.94. The Kier molecular flexibility index (Phi) is 14.0. The van der Waals surface area contributed by atoms with Crippen molar-refractivity contribution >= 4 is 61.6 Å². The zero-order valence-corrected chi connectivity index (χ0v) is 38.4. The van der Waals surface area contributed by atoms with Gasteiger partial charge < -0.3 is 30.4 Å². The lowest BCUT2D eigenvalue weighted by Gasteiger charge is -2.35. The number of amides is 3. The Hall–Kier alpha value is -6.57. The van der Waals surface area contributed by atoms with Crippen molar-refractivity contribution in [1.29, 1.82) is 0 Å². The molecule has 0 unspecified atom stereocenters. The topological polar surface area (TPSA) is 213 Å². The van der Waals surface area contributed by atoms with Crippen molar-refractivity contribution in [2.45, 2.75) is 72.2 Å². The van der Waals surface area contributed by atoms with E-state index in [0.29, 0.717) is 16.9 Å². The second-order valence-electron chi connectivity index (χ2n) is 17.1. The van der Waals surface area contributed by atoms with Crippen molar-refractivity contribution in [2.75, 3.05) is 23.6 Å². The van der Waals surface area contributed by atoms with Crippen LogP contribution in [-0.4, -0.2) is 94.0 Å². The van der Waals surface area contributed by atoms with Crippen LogP contribution in [0.3, 0.4) is 0 Å². The number of halogens is 2. The second kappa shape index (κ2) is 19.5. The van der Waals surface area contributed by atoms with E-state index < -0.39 is 86.6 Å². The number of carbonyl (C=O) groups excluding carboxylic acids is 4. The zero-order chi connectivity index (χ0) is 47.5. The highest BCUT2D eigenvalue weighted by molar-refractivity contribution is 7.92. The molecule has 1 saturated heterocycles. The van der Waals surface area contributed by atoms with Crippen molar-refractivity contribution in [1.82, 2.24) is 30.5 Å². The van der Waals surface area contributed by atoms with Crippen LogP contribution < -0.4 is 20.1 Å². The fourth-order valence-electron chi connectivity index (χ4n) is 7.69. The third-order valence-electron chi connectivity index (χ3n) is 11.1. The van der Waals surface area contributed by atoms with Crippen molar-refractivity contribution in [3.05, 3.63) is 119 Å². The van der Waals surface area contributed by atoms with E-state index in [1.165, 1.54) is 17.3 Å². The van der Waals surface area contributed by atoms with Gasteiger partial charge in [-0.15, -0.1) is 11.3 Å². The summed E-state index contributed by atoms with van der Waals surface area (Å²) < 4.78 is 63.0. The molecule has 0 spiro atoms. The molecule has 66 heavy (non-hydrogen) atoms. The van der Waals surface area contributed by atoms with Gasteiger partial charge in [-0.2, -0.15) is 0 Å². The van der Waals surface area contributed by atoms with Crippen molar-refractivity contribution in [3.63, 3.8) is 0 Å². The number of sulfonamides is 1. The Morgan fingerprint density at radius 2 is 1.71 bits per heavy atom. The molecule has 19 heteroatoms. The van der Waals surface area contributed by atoms with Crippen LogP contribution in [0, 0.1) is 24.0 Å². The quantitative estimate of drug-likeness (QED) is 0.0664. The van der Waals surface area contributed by atoms with E-state index in [1.54, 1.807) is 74.9 Å². The summed E-state index contributed by atoms with van der Waals surface area (Å²) in [6.45, 7) is 8.60. The summed E-state index contributed by atoms with van der Waals surface area (Å²) >= 11 is 1.55. The van der Waals surface area contributed by atoms with Crippen LogP contribution in [0.2, 0.25) is 0 Å². The number of aromatic amines is 1. The van der Waals surface area contributed by atoms with Crippen LogP contribution >= 0.6 is 11.3 Å². The standard InChI is InChI=1S/C47H49F2N7O8S2/c1-6-17-66(62,63)55-36-16-15-35(48)39(40(36)49)41(59)34-22-51-44-33(34)18-30(21-50-44)28-11-13-32(14-12-28)64-24-38(58)54-43(47(3,4)5)46(61)56-23-31(57)19-37(56)45(60)52-20-27-7-9-29(10-8-27)42-26(2)53-25-65-42/h7-16,18,21-22,25,31,37,43,55,57H,6,17,19-20,23-24H2,1-5H3,(H,50,51)(H,52,60)(H,54,58)/t31-,37+,43-/m1/s1. The molecule has 1 aliphatic rings. The Balaban J connectivity index is 0.977. The highest BCUT2D eigenvalue weighted by Gasteiger charge is 2.44. The van der Waals surface area contributed by atoms with Gasteiger partial charge in [-0.1, -0.05) is 64.1 Å². The van der Waals surface area contributed by atoms with Gasteiger partial charge >= 0.3 is 0 Å². The number of aliphatic hydroxyl groups excluding tert-OH is 1. The first-order chi connectivity index (χ1) is 31.3. The number of hydrogen-bond acceptors (Lipinski definition) is 11. The number of thiazole rings is 1. The molecular weight excluding hydrogens is 893 g/mol. The molecule has 0 radical (unpaired) electrons. The molecule has 346 valence electrons. The van der Waals surface area contributed by atoms with E-state index in [4.69, 9.17) is 4.74 Å². The summed E-state index contributed by atoms with van der Waals surface area (Å²) in [5, 5.41) is 16.5. The number of hydrogen-bond donors (Lipinski definition) is 5. The molecule has 3 atom stereocenters. The fourth-order valence-corrected chi connectivity index (χ4v) is 9.63. The molecule has 1 fully saturated rings. The number of carbonyl (C=O) groups is 4. The number of pyridine rings is 1. The molecule has 1 aliphatic heterocycles. The van der Waals surface area contributed by atoms with Crippen LogP contribution in [0.4, 0.5) is 14.5 Å². The molecule has 7 rings (SSSR count). The molecular formula is C47H49F2N7O8S2. The number of benzene rings is 3. The van der Waals surface area contributed by atoms with Gasteiger partial charge in [-0.05, 0) is 65.8 Å². The predicted molar refractivity (Wildman–Crippen MR) is 246 cm³/mol.